The van der Waals surface area contributed by atoms with E-state index in [2.05, 4.69) is 10.4 Å². The lowest BCUT2D eigenvalue weighted by atomic mass is 10.1. The molecule has 1 aromatic heterocycles. The molecule has 144 valence electrons. The second kappa shape index (κ2) is 6.60. The Morgan fingerprint density at radius 1 is 1.00 bits per heavy atom. The summed E-state index contributed by atoms with van der Waals surface area (Å²) in [7, 11) is -3.24. The molecule has 0 aliphatic carbocycles. The third-order valence-corrected chi connectivity index (χ3v) is 6.66. The van der Waals surface area contributed by atoms with Crippen LogP contribution in [-0.4, -0.2) is 24.1 Å². The van der Waals surface area contributed by atoms with E-state index >= 15 is 0 Å². The van der Waals surface area contributed by atoms with Crippen molar-refractivity contribution in [2.45, 2.75) is 32.3 Å². The lowest BCUT2D eigenvalue weighted by Gasteiger charge is -2.15. The van der Waals surface area contributed by atoms with Crippen LogP contribution < -0.4 is 5.32 Å². The van der Waals surface area contributed by atoms with Crippen LogP contribution in [0.25, 0.3) is 5.69 Å². The van der Waals surface area contributed by atoms with Gasteiger partial charge in [-0.15, -0.1) is 0 Å². The van der Waals surface area contributed by atoms with Crippen LogP contribution in [0.2, 0.25) is 0 Å². The highest BCUT2D eigenvalue weighted by Gasteiger charge is 2.33. The highest BCUT2D eigenvalue weighted by molar-refractivity contribution is 7.90. The molecule has 0 spiro atoms. The molecule has 0 saturated heterocycles. The summed E-state index contributed by atoms with van der Waals surface area (Å²) in [5, 5.41) is 7.48. The van der Waals surface area contributed by atoms with E-state index in [9.17, 15) is 13.2 Å². The molecule has 28 heavy (non-hydrogen) atoms. The molecule has 0 fully saturated rings. The Morgan fingerprint density at radius 2 is 1.71 bits per heavy atom. The fraction of sp³-hybridized carbons (Fsp3) is 0.238. The van der Waals surface area contributed by atoms with Gasteiger partial charge in [0.25, 0.3) is 5.91 Å². The number of amides is 1. The van der Waals surface area contributed by atoms with Gasteiger partial charge in [-0.3, -0.25) is 4.79 Å². The topological polar surface area (TPSA) is 81.1 Å². The number of aromatic nitrogens is 2. The maximum atomic E-state index is 12.9. The Morgan fingerprint density at radius 3 is 2.46 bits per heavy atom. The first kappa shape index (κ1) is 18.4. The quantitative estimate of drug-likeness (QED) is 0.736. The van der Waals surface area contributed by atoms with Gasteiger partial charge in [-0.25, -0.2) is 13.1 Å². The normalized spacial score (nSPS) is 14.7. The first-order valence-electron chi connectivity index (χ1n) is 9.01. The summed E-state index contributed by atoms with van der Waals surface area (Å²) in [5.74, 6) is -0.0704. The number of fused-ring (bicyclic) bond motifs is 1. The molecule has 0 atom stereocenters. The Hall–Kier alpha value is -2.93. The zero-order valence-electron chi connectivity index (χ0n) is 16.0. The number of benzene rings is 2. The van der Waals surface area contributed by atoms with Crippen LogP contribution >= 0.6 is 0 Å². The van der Waals surface area contributed by atoms with Crippen molar-refractivity contribution in [1.29, 1.82) is 0 Å². The number of carbonyl (C=O) groups is 1. The minimum atomic E-state index is -3.24. The molecular formula is C21H21N3O3S. The average molecular weight is 395 g/mol. The molecule has 0 radical (unpaired) electrons. The van der Waals surface area contributed by atoms with Gasteiger partial charge >= 0.3 is 0 Å². The maximum Gasteiger partial charge on any atom is 0.257 e. The third kappa shape index (κ3) is 3.11. The number of rotatable bonds is 3. The Kier molecular flexibility index (Phi) is 4.34. The number of nitrogens with zero attached hydrogens (tertiary/aromatic N) is 2. The van der Waals surface area contributed by atoms with Gasteiger partial charge in [0.2, 0.25) is 0 Å². The van der Waals surface area contributed by atoms with E-state index in [1.54, 1.807) is 16.8 Å². The van der Waals surface area contributed by atoms with Crippen molar-refractivity contribution in [1.82, 2.24) is 9.78 Å². The van der Waals surface area contributed by atoms with Gasteiger partial charge in [-0.2, -0.15) is 5.10 Å². The number of aryl methyl sites for hydroxylation is 2. The first-order valence-corrected chi connectivity index (χ1v) is 10.8. The number of hydrogen-bond donors (Lipinski definition) is 1. The number of nitrogens with one attached hydrogen (secondary N) is 1. The molecule has 3 aromatic rings. The van der Waals surface area contributed by atoms with E-state index in [1.165, 1.54) is 0 Å². The average Bonchev–Trinajstić information content (AvgIpc) is 3.10. The molecule has 6 nitrogen and oxygen atoms in total. The largest absolute Gasteiger partial charge is 0.306 e. The summed E-state index contributed by atoms with van der Waals surface area (Å²) in [6, 6.07) is 13.1. The van der Waals surface area contributed by atoms with Crippen molar-refractivity contribution in [3.63, 3.8) is 0 Å². The monoisotopic (exact) mass is 395 g/mol. The minimum Gasteiger partial charge on any atom is -0.306 e. The van der Waals surface area contributed by atoms with Crippen LogP contribution in [0.5, 0.6) is 0 Å². The second-order valence-corrected chi connectivity index (χ2v) is 9.27. The van der Waals surface area contributed by atoms with Crippen molar-refractivity contribution in [3.05, 3.63) is 76.0 Å². The van der Waals surface area contributed by atoms with Crippen molar-refractivity contribution in [2.75, 3.05) is 5.32 Å². The molecular weight excluding hydrogens is 374 g/mol. The predicted molar refractivity (Wildman–Crippen MR) is 108 cm³/mol. The van der Waals surface area contributed by atoms with Crippen LogP contribution in [0, 0.1) is 20.8 Å². The summed E-state index contributed by atoms with van der Waals surface area (Å²) in [5.41, 5.74) is 5.42. The molecule has 0 unspecified atom stereocenters. The van der Waals surface area contributed by atoms with Crippen molar-refractivity contribution in [2.24, 2.45) is 0 Å². The number of carbonyl (C=O) groups excluding carboxylic acids is 1. The molecule has 0 bridgehead atoms. The van der Waals surface area contributed by atoms with E-state index < -0.39 is 9.84 Å². The number of anilines is 1. The summed E-state index contributed by atoms with van der Waals surface area (Å²) in [6.07, 6.45) is 0. The first-order chi connectivity index (χ1) is 13.3. The van der Waals surface area contributed by atoms with Crippen LogP contribution in [0.1, 0.15) is 38.3 Å². The Bertz CT molecular complexity index is 1210. The van der Waals surface area contributed by atoms with E-state index in [4.69, 9.17) is 0 Å². The molecule has 7 heteroatoms. The molecule has 1 amide bonds. The fourth-order valence-electron chi connectivity index (χ4n) is 3.51. The van der Waals surface area contributed by atoms with Crippen LogP contribution in [0.4, 0.5) is 5.82 Å². The summed E-state index contributed by atoms with van der Waals surface area (Å²) in [4.78, 5) is 12.9. The van der Waals surface area contributed by atoms with Crippen molar-refractivity contribution >= 4 is 21.6 Å². The molecule has 1 aliphatic rings. The van der Waals surface area contributed by atoms with E-state index in [-0.39, 0.29) is 17.4 Å². The van der Waals surface area contributed by atoms with E-state index in [1.807, 2.05) is 51.1 Å². The lowest BCUT2D eigenvalue weighted by Crippen LogP contribution is -2.18. The molecule has 4 rings (SSSR count). The van der Waals surface area contributed by atoms with Gasteiger partial charge in [0.1, 0.15) is 5.82 Å². The van der Waals surface area contributed by atoms with Crippen LogP contribution in [0.15, 0.2) is 42.5 Å². The molecule has 2 heterocycles. The Labute approximate surface area is 164 Å². The molecule has 1 N–H and O–H groups in total. The highest BCUT2D eigenvalue weighted by Crippen LogP contribution is 2.34. The standard InChI is InChI=1S/C21H21N3O3S/c1-13-8-6-10-19(15(13)3)24-20(17-11-28(26,27)12-18(17)23-24)22-21(25)16-9-5-4-7-14(16)2/h4-10H,11-12H2,1-3H3,(H,22,25). The zero-order valence-corrected chi connectivity index (χ0v) is 16.8. The van der Waals surface area contributed by atoms with Gasteiger partial charge in [-0.1, -0.05) is 30.3 Å². The summed E-state index contributed by atoms with van der Waals surface area (Å²) in [6.45, 7) is 5.86. The smallest absolute Gasteiger partial charge is 0.257 e. The Balaban J connectivity index is 1.85. The second-order valence-electron chi connectivity index (χ2n) is 7.21. The van der Waals surface area contributed by atoms with E-state index in [0.29, 0.717) is 22.6 Å². The van der Waals surface area contributed by atoms with Crippen LogP contribution in [0.3, 0.4) is 0 Å². The summed E-state index contributed by atoms with van der Waals surface area (Å²) >= 11 is 0. The lowest BCUT2D eigenvalue weighted by molar-refractivity contribution is 0.102. The number of hydrogen-bond acceptors (Lipinski definition) is 4. The fourth-order valence-corrected chi connectivity index (χ4v) is 5.01. The third-order valence-electron chi connectivity index (χ3n) is 5.21. The van der Waals surface area contributed by atoms with Gasteiger partial charge in [0, 0.05) is 11.1 Å². The van der Waals surface area contributed by atoms with Gasteiger partial charge in [0.15, 0.2) is 9.84 Å². The van der Waals surface area contributed by atoms with Gasteiger partial charge in [0.05, 0.1) is 22.9 Å². The van der Waals surface area contributed by atoms with Gasteiger partial charge in [-0.05, 0) is 49.6 Å². The predicted octanol–water partition coefficient (Wildman–Crippen LogP) is 3.48. The maximum absolute atomic E-state index is 12.9. The number of sulfone groups is 1. The highest BCUT2D eigenvalue weighted by atomic mass is 32.2. The molecule has 1 aliphatic heterocycles. The van der Waals surface area contributed by atoms with E-state index in [0.717, 1.165) is 22.4 Å². The zero-order chi connectivity index (χ0) is 20.1. The van der Waals surface area contributed by atoms with Gasteiger partial charge < -0.3 is 5.32 Å². The SMILES string of the molecule is Cc1ccccc1C(=O)Nc1c2c(nn1-c1cccc(C)c1C)CS(=O)(=O)C2. The molecule has 0 saturated carbocycles. The summed E-state index contributed by atoms with van der Waals surface area (Å²) < 4.78 is 25.9. The van der Waals surface area contributed by atoms with Crippen molar-refractivity contribution in [3.8, 4) is 5.69 Å². The van der Waals surface area contributed by atoms with Crippen molar-refractivity contribution < 1.29 is 13.2 Å². The van der Waals surface area contributed by atoms with Crippen LogP contribution in [-0.2, 0) is 21.3 Å². The molecule has 2 aromatic carbocycles. The minimum absolute atomic E-state index is 0.104.